The molecule has 9 heavy (non-hydrogen) atoms. The molecule has 0 heterocycles. The predicted molar refractivity (Wildman–Crippen MR) is 42.3 cm³/mol. The highest BCUT2D eigenvalue weighted by atomic mass is 14.5. The molecule has 0 saturated carbocycles. The summed E-state index contributed by atoms with van der Waals surface area (Å²) >= 11 is 0. The van der Waals surface area contributed by atoms with Crippen LogP contribution in [-0.2, 0) is 0 Å². The van der Waals surface area contributed by atoms with Crippen molar-refractivity contribution in [2.45, 2.75) is 33.6 Å². The average molecular weight is 129 g/mol. The minimum absolute atomic E-state index is 0.806. The summed E-state index contributed by atoms with van der Waals surface area (Å²) in [6.07, 6.45) is 2.45. The molecule has 0 aromatic heterocycles. The van der Waals surface area contributed by atoms with E-state index in [4.69, 9.17) is 5.73 Å². The Morgan fingerprint density at radius 1 is 1.22 bits per heavy atom. The molecular formula is C8H19N. The minimum Gasteiger partial charge on any atom is -0.330 e. The van der Waals surface area contributed by atoms with Crippen LogP contribution in [0.2, 0.25) is 0 Å². The zero-order chi connectivity index (χ0) is 7.28. The van der Waals surface area contributed by atoms with Gasteiger partial charge in [-0.05, 0) is 24.8 Å². The van der Waals surface area contributed by atoms with Gasteiger partial charge in [-0.15, -0.1) is 0 Å². The molecule has 0 aliphatic carbocycles. The van der Waals surface area contributed by atoms with Crippen LogP contribution < -0.4 is 5.73 Å². The Kier molecular flexibility index (Phi) is 4.78. The Balaban J connectivity index is 3.32. The Bertz CT molecular complexity index is 61.6. The summed E-state index contributed by atoms with van der Waals surface area (Å²) in [5.41, 5.74) is 5.42. The lowest BCUT2D eigenvalue weighted by atomic mass is 9.91. The van der Waals surface area contributed by atoms with Gasteiger partial charge in [0, 0.05) is 0 Å². The second-order valence-electron chi connectivity index (χ2n) is 2.94. The van der Waals surface area contributed by atoms with Gasteiger partial charge in [-0.25, -0.2) is 0 Å². The molecule has 0 amide bonds. The van der Waals surface area contributed by atoms with Crippen molar-refractivity contribution in [2.75, 3.05) is 6.54 Å². The van der Waals surface area contributed by atoms with E-state index in [1.165, 1.54) is 12.8 Å². The molecule has 0 rings (SSSR count). The molecule has 0 aromatic carbocycles. The van der Waals surface area contributed by atoms with Crippen LogP contribution in [0.5, 0.6) is 0 Å². The van der Waals surface area contributed by atoms with Gasteiger partial charge in [0.1, 0.15) is 0 Å². The molecule has 0 bridgehead atoms. The normalized spacial score (nSPS) is 17.3. The van der Waals surface area contributed by atoms with Gasteiger partial charge in [-0.3, -0.25) is 0 Å². The quantitative estimate of drug-likeness (QED) is 0.617. The molecule has 1 nitrogen and oxygen atoms in total. The van der Waals surface area contributed by atoms with Gasteiger partial charge < -0.3 is 5.73 Å². The number of hydrogen-bond donors (Lipinski definition) is 1. The summed E-state index contributed by atoms with van der Waals surface area (Å²) in [7, 11) is 0. The largest absolute Gasteiger partial charge is 0.330 e. The van der Waals surface area contributed by atoms with Crippen LogP contribution in [0.15, 0.2) is 0 Å². The van der Waals surface area contributed by atoms with Gasteiger partial charge in [0.15, 0.2) is 0 Å². The maximum atomic E-state index is 5.42. The lowest BCUT2D eigenvalue weighted by Gasteiger charge is -2.16. The molecule has 1 unspecified atom stereocenters. The molecule has 0 spiro atoms. The molecular weight excluding hydrogens is 110 g/mol. The topological polar surface area (TPSA) is 26.0 Å². The van der Waals surface area contributed by atoms with Crippen molar-refractivity contribution in [3.05, 3.63) is 0 Å². The average Bonchev–Trinajstić information content (AvgIpc) is 1.87. The van der Waals surface area contributed by atoms with E-state index in [0.29, 0.717) is 0 Å². The van der Waals surface area contributed by atoms with Gasteiger partial charge in [-0.1, -0.05) is 27.2 Å². The van der Waals surface area contributed by atoms with Crippen LogP contribution in [-0.4, -0.2) is 6.54 Å². The molecule has 0 aliphatic rings. The minimum atomic E-state index is 0.806. The summed E-state index contributed by atoms with van der Waals surface area (Å²) in [5.74, 6) is 1.65. The highest BCUT2D eigenvalue weighted by Gasteiger charge is 2.07. The van der Waals surface area contributed by atoms with Crippen molar-refractivity contribution in [1.29, 1.82) is 0 Å². The first-order valence-electron chi connectivity index (χ1n) is 3.92. The Morgan fingerprint density at radius 3 is 2.11 bits per heavy atom. The Labute approximate surface area is 58.6 Å². The first-order valence-corrected chi connectivity index (χ1v) is 3.92. The van der Waals surface area contributed by atoms with Gasteiger partial charge >= 0.3 is 0 Å². The van der Waals surface area contributed by atoms with E-state index < -0.39 is 0 Å². The van der Waals surface area contributed by atoms with Crippen LogP contribution in [0.3, 0.4) is 0 Å². The van der Waals surface area contributed by atoms with E-state index in [1.807, 2.05) is 0 Å². The molecule has 56 valence electrons. The van der Waals surface area contributed by atoms with Gasteiger partial charge in [0.25, 0.3) is 0 Å². The fraction of sp³-hybridized carbons (Fsp3) is 1.00. The van der Waals surface area contributed by atoms with Crippen LogP contribution in [0.25, 0.3) is 0 Å². The number of hydrogen-bond acceptors (Lipinski definition) is 1. The van der Waals surface area contributed by atoms with Crippen LogP contribution >= 0.6 is 0 Å². The van der Waals surface area contributed by atoms with Crippen LogP contribution in [0, 0.1) is 11.8 Å². The van der Waals surface area contributed by atoms with Crippen molar-refractivity contribution < 1.29 is 0 Å². The second-order valence-corrected chi connectivity index (χ2v) is 2.94. The Morgan fingerprint density at radius 2 is 1.78 bits per heavy atom. The highest BCUT2D eigenvalue weighted by molar-refractivity contribution is 4.59. The van der Waals surface area contributed by atoms with Crippen molar-refractivity contribution in [3.8, 4) is 0 Å². The van der Waals surface area contributed by atoms with Crippen LogP contribution in [0.4, 0.5) is 0 Å². The van der Waals surface area contributed by atoms with E-state index >= 15 is 0 Å². The van der Waals surface area contributed by atoms with Crippen molar-refractivity contribution in [2.24, 2.45) is 17.6 Å². The molecule has 0 radical (unpaired) electrons. The zero-order valence-corrected chi connectivity index (χ0v) is 6.85. The summed E-state index contributed by atoms with van der Waals surface area (Å²) in [5, 5.41) is 0. The maximum Gasteiger partial charge on any atom is -0.00746 e. The molecule has 0 aromatic rings. The monoisotopic (exact) mass is 129 g/mol. The third-order valence-electron chi connectivity index (χ3n) is 2.24. The van der Waals surface area contributed by atoms with Gasteiger partial charge in [0.05, 0.1) is 0 Å². The molecule has 2 atom stereocenters. The Hall–Kier alpha value is -0.0400. The van der Waals surface area contributed by atoms with E-state index in [-0.39, 0.29) is 0 Å². The van der Waals surface area contributed by atoms with Crippen LogP contribution in [0.1, 0.15) is 33.6 Å². The standard InChI is InChI=1S/C8H19N/c1-4-7(2)8(3)5-6-9/h7-8H,4-6,9H2,1-3H3/t7?,8-/m1/s1. The summed E-state index contributed by atoms with van der Waals surface area (Å²) in [6.45, 7) is 7.64. The molecule has 0 aliphatic heterocycles. The molecule has 2 N–H and O–H groups in total. The molecule has 1 heteroatoms. The lowest BCUT2D eigenvalue weighted by Crippen LogP contribution is -2.12. The van der Waals surface area contributed by atoms with Crippen molar-refractivity contribution in [3.63, 3.8) is 0 Å². The van der Waals surface area contributed by atoms with E-state index in [2.05, 4.69) is 20.8 Å². The third kappa shape index (κ3) is 3.52. The number of nitrogens with two attached hydrogens (primary N) is 1. The molecule has 0 saturated heterocycles. The van der Waals surface area contributed by atoms with Crippen molar-refractivity contribution in [1.82, 2.24) is 0 Å². The van der Waals surface area contributed by atoms with Crippen molar-refractivity contribution >= 4 is 0 Å². The summed E-state index contributed by atoms with van der Waals surface area (Å²) in [6, 6.07) is 0. The summed E-state index contributed by atoms with van der Waals surface area (Å²) in [4.78, 5) is 0. The fourth-order valence-corrected chi connectivity index (χ4v) is 0.950. The number of rotatable bonds is 4. The highest BCUT2D eigenvalue weighted by Crippen LogP contribution is 2.16. The van der Waals surface area contributed by atoms with Gasteiger partial charge in [-0.2, -0.15) is 0 Å². The third-order valence-corrected chi connectivity index (χ3v) is 2.24. The SMILES string of the molecule is CCC(C)[C@H](C)CCN. The predicted octanol–water partition coefficient (Wildman–Crippen LogP) is 2.02. The first-order chi connectivity index (χ1) is 4.22. The lowest BCUT2D eigenvalue weighted by molar-refractivity contribution is 0.359. The van der Waals surface area contributed by atoms with E-state index in [9.17, 15) is 0 Å². The molecule has 0 fully saturated rings. The first kappa shape index (κ1) is 8.96. The zero-order valence-electron chi connectivity index (χ0n) is 6.85. The van der Waals surface area contributed by atoms with E-state index in [1.54, 1.807) is 0 Å². The smallest absolute Gasteiger partial charge is 0.00746 e. The second kappa shape index (κ2) is 4.80. The fourth-order valence-electron chi connectivity index (χ4n) is 0.950. The summed E-state index contributed by atoms with van der Waals surface area (Å²) < 4.78 is 0. The maximum absolute atomic E-state index is 5.42. The van der Waals surface area contributed by atoms with E-state index in [0.717, 1.165) is 18.4 Å². The van der Waals surface area contributed by atoms with Gasteiger partial charge in [0.2, 0.25) is 0 Å².